The zero-order chi connectivity index (χ0) is 35.1. The van der Waals surface area contributed by atoms with Crippen molar-refractivity contribution in [2.45, 2.75) is 113 Å². The smallest absolute Gasteiger partial charge is 0.129 e. The van der Waals surface area contributed by atoms with Gasteiger partial charge in [0, 0.05) is 24.9 Å². The molecule has 2 heterocycles. The number of benzene rings is 3. The van der Waals surface area contributed by atoms with Crippen molar-refractivity contribution in [3.05, 3.63) is 126 Å². The summed E-state index contributed by atoms with van der Waals surface area (Å²) in [5.74, 6) is 0.917. The van der Waals surface area contributed by atoms with Crippen LogP contribution in [0.1, 0.15) is 107 Å². The molecule has 3 fully saturated rings. The largest absolute Gasteiger partial charge is 0.456 e. The first-order chi connectivity index (χ1) is 25.2. The molecule has 4 aromatic rings. The Morgan fingerprint density at radius 3 is 1.53 bits per heavy atom. The van der Waals surface area contributed by atoms with Crippen LogP contribution in [0.2, 0.25) is 0 Å². The molecular weight excluding hydrogens is 794 g/mol. The van der Waals surface area contributed by atoms with E-state index in [2.05, 4.69) is 41.3 Å². The third-order valence-corrected chi connectivity index (χ3v) is 18.2. The second kappa shape index (κ2) is 21.1. The molecule has 0 bridgehead atoms. The number of hydrazone groups is 1. The molecule has 3 aromatic carbocycles. The fraction of sp³-hybridized carbons (Fsp3) is 0.419. The number of nitrogens with zero attached hydrogens (tertiary/aromatic N) is 3. The molecule has 0 spiro atoms. The maximum absolute atomic E-state index is 5.63. The Kier molecular flexibility index (Phi) is 16.1. The van der Waals surface area contributed by atoms with Crippen molar-refractivity contribution < 1.29 is 13.5 Å². The van der Waals surface area contributed by atoms with Crippen LogP contribution in [-0.2, 0) is 13.5 Å². The fourth-order valence-electron chi connectivity index (χ4n) is 8.34. The van der Waals surface area contributed by atoms with Crippen molar-refractivity contribution in [1.29, 1.82) is 0 Å². The number of rotatable bonds is 7. The van der Waals surface area contributed by atoms with E-state index in [0.29, 0.717) is 0 Å². The van der Waals surface area contributed by atoms with Gasteiger partial charge in [-0.1, -0.05) is 86.0 Å². The maximum Gasteiger partial charge on any atom is 0.129 e. The molecule has 51 heavy (non-hydrogen) atoms. The zero-order valence-corrected chi connectivity index (χ0v) is 34.8. The Hall–Kier alpha value is -1.87. The second-order valence-corrected chi connectivity index (χ2v) is 24.3. The van der Waals surface area contributed by atoms with Crippen LogP contribution in [0.5, 0.6) is 0 Å². The van der Waals surface area contributed by atoms with Gasteiger partial charge in [-0.2, -0.15) is 5.10 Å². The number of anilines is 2. The first-order valence-corrected chi connectivity index (χ1v) is 27.2. The Bertz CT molecular complexity index is 1560. The van der Waals surface area contributed by atoms with Crippen LogP contribution in [0.25, 0.3) is 0 Å². The summed E-state index contributed by atoms with van der Waals surface area (Å²) in [6, 6.07) is 34.7. The molecule has 1 aliphatic heterocycles. The third-order valence-electron chi connectivity index (χ3n) is 10.7. The predicted octanol–water partition coefficient (Wildman–Crippen LogP) is 13.5. The molecule has 0 unspecified atom stereocenters. The van der Waals surface area contributed by atoms with Crippen molar-refractivity contribution in [2.75, 3.05) is 9.91 Å². The van der Waals surface area contributed by atoms with Gasteiger partial charge in [-0.15, -0.1) is 6.67 Å². The molecule has 0 atom stereocenters. The first kappa shape index (κ1) is 38.8. The molecule has 1 aromatic heterocycles. The van der Waals surface area contributed by atoms with Crippen molar-refractivity contribution in [3.8, 4) is 0 Å². The van der Waals surface area contributed by atoms with Crippen LogP contribution in [-0.4, -0.2) is 27.4 Å². The first-order valence-electron chi connectivity index (χ1n) is 19.1. The van der Waals surface area contributed by atoms with E-state index in [-0.39, 0.29) is 7.92 Å². The van der Waals surface area contributed by atoms with E-state index >= 15 is 0 Å². The van der Waals surface area contributed by atoms with Crippen LogP contribution in [0, 0.1) is 6.67 Å². The van der Waals surface area contributed by atoms with Crippen molar-refractivity contribution >= 4 is 60.5 Å². The van der Waals surface area contributed by atoms with E-state index < -0.39 is 13.5 Å². The molecule has 4 aliphatic rings. The van der Waals surface area contributed by atoms with Gasteiger partial charge in [0.25, 0.3) is 0 Å². The van der Waals surface area contributed by atoms with Crippen molar-refractivity contribution in [1.82, 2.24) is 0 Å². The van der Waals surface area contributed by atoms with Gasteiger partial charge in [0.2, 0.25) is 0 Å². The standard InChI is InChI=1S/C20H16N3.C18H33P.C5H4S.2ClH.Ru/c1-4-10-17(11-5-1)20-21-23(19-14-8-3-9-15-19)16-22(20)18-12-6-2-7-13-18;1-4-10-16(11-5-1)19(17-12-6-2-7-13-17)18-14-8-3-9-15-18;1-5-3-2-4-6-5;;;/h1-16H;16-18H,1-15H2;1-4H;2*1H;/q-1;;;;;+2/p-1. The van der Waals surface area contributed by atoms with Gasteiger partial charge < -0.3 is 9.91 Å². The molecule has 8 rings (SSSR count). The minimum atomic E-state index is -1.57. The summed E-state index contributed by atoms with van der Waals surface area (Å²) >= 11 is 0.0926. The molecular formula is C43H54Cl2N3PRuS. The van der Waals surface area contributed by atoms with Crippen molar-refractivity contribution in [2.24, 2.45) is 5.10 Å². The van der Waals surface area contributed by atoms with E-state index in [1.54, 1.807) is 108 Å². The summed E-state index contributed by atoms with van der Waals surface area (Å²) in [7, 11) is 11.2. The topological polar surface area (TPSA) is 18.8 Å². The molecule has 3 nitrogen and oxygen atoms in total. The molecule has 0 amide bonds. The zero-order valence-electron chi connectivity index (χ0n) is 29.7. The average Bonchev–Trinajstić information content (AvgIpc) is 3.89. The summed E-state index contributed by atoms with van der Waals surface area (Å²) < 4.78 is 1.94. The van der Waals surface area contributed by atoms with Crippen LogP contribution in [0.4, 0.5) is 11.4 Å². The van der Waals surface area contributed by atoms with Crippen LogP contribution in [0.15, 0.2) is 114 Å². The SMILES string of the molecule is C1CCC([PH+](C2CCCCC2)C2CCCCC2)CC1.[Cl][Ru]([Cl])=[CH]c1cccs1.c1ccc(C2=NN(c3ccccc3)[CH-]N2c2ccccc2)cc1. The Morgan fingerprint density at radius 2 is 1.08 bits per heavy atom. The molecule has 3 aliphatic carbocycles. The molecule has 274 valence electrons. The third kappa shape index (κ3) is 11.8. The van der Waals surface area contributed by atoms with Gasteiger partial charge in [0.05, 0.1) is 17.0 Å². The number of thiophene rings is 1. The van der Waals surface area contributed by atoms with E-state index in [0.717, 1.165) is 22.8 Å². The molecule has 0 saturated heterocycles. The monoisotopic (exact) mass is 847 g/mol. The van der Waals surface area contributed by atoms with E-state index in [9.17, 15) is 0 Å². The average molecular weight is 848 g/mol. The van der Waals surface area contributed by atoms with Gasteiger partial charge in [-0.3, -0.25) is 0 Å². The molecule has 3 saturated carbocycles. The number of hydrogen-bond acceptors (Lipinski definition) is 4. The van der Waals surface area contributed by atoms with Crippen LogP contribution in [0.3, 0.4) is 0 Å². The minimum absolute atomic E-state index is 0.0465. The number of para-hydroxylation sites is 2. The summed E-state index contributed by atoms with van der Waals surface area (Å²) in [6.45, 7) is 2.02. The molecule has 0 N–H and O–H groups in total. The quantitative estimate of drug-likeness (QED) is 0.105. The summed E-state index contributed by atoms with van der Waals surface area (Å²) in [6.07, 6.45) is 23.8. The predicted molar refractivity (Wildman–Crippen MR) is 225 cm³/mol. The Balaban J connectivity index is 0.000000144. The minimum Gasteiger partial charge on any atom is -0.456 e. The van der Waals surface area contributed by atoms with Gasteiger partial charge in [0.15, 0.2) is 0 Å². The van der Waals surface area contributed by atoms with Crippen molar-refractivity contribution in [3.63, 3.8) is 0 Å². The van der Waals surface area contributed by atoms with E-state index in [1.807, 2.05) is 88.4 Å². The molecule has 8 heteroatoms. The normalized spacial score (nSPS) is 19.0. The van der Waals surface area contributed by atoms with Gasteiger partial charge in [-0.25, -0.2) is 0 Å². The fourth-order valence-corrected chi connectivity index (χ4v) is 17.0. The Labute approximate surface area is 325 Å². The summed E-state index contributed by atoms with van der Waals surface area (Å²) in [5, 5.41) is 8.73. The van der Waals surface area contributed by atoms with E-state index in [1.165, 1.54) is 21.9 Å². The second-order valence-electron chi connectivity index (χ2n) is 14.1. The van der Waals surface area contributed by atoms with E-state index in [4.69, 9.17) is 24.5 Å². The maximum atomic E-state index is 5.63. The van der Waals surface area contributed by atoms with Crippen LogP contribution < -0.4 is 9.91 Å². The number of hydrogen-bond donors (Lipinski definition) is 0. The van der Waals surface area contributed by atoms with Crippen LogP contribution >= 0.6 is 38.6 Å². The number of amidine groups is 1. The summed E-state index contributed by atoms with van der Waals surface area (Å²) in [5.41, 5.74) is 6.90. The van der Waals surface area contributed by atoms with Gasteiger partial charge >= 0.3 is 71.2 Å². The number of halogens is 2. The van der Waals surface area contributed by atoms with Gasteiger partial charge in [-0.05, 0) is 101 Å². The molecule has 0 radical (unpaired) electrons. The Morgan fingerprint density at radius 1 is 0.608 bits per heavy atom. The van der Waals surface area contributed by atoms with Gasteiger partial charge in [0.1, 0.15) is 5.84 Å². The summed E-state index contributed by atoms with van der Waals surface area (Å²) in [4.78, 5) is 3.29.